The van der Waals surface area contributed by atoms with E-state index in [4.69, 9.17) is 15.2 Å². The molecule has 0 heterocycles. The largest absolute Gasteiger partial charge is 0.497 e. The van der Waals surface area contributed by atoms with Crippen molar-refractivity contribution in [2.45, 2.75) is 6.10 Å². The highest BCUT2D eigenvalue weighted by Gasteiger charge is 2.16. The lowest BCUT2D eigenvalue weighted by atomic mass is 10.1. The number of nitrogens with two attached hydrogens (primary N) is 1. The predicted molar refractivity (Wildman–Crippen MR) is 51.9 cm³/mol. The first kappa shape index (κ1) is 10.5. The first-order chi connectivity index (χ1) is 6.69. The van der Waals surface area contributed by atoms with Crippen LogP contribution in [0.3, 0.4) is 0 Å². The Hall–Kier alpha value is -1.55. The molecular weight excluding hydrogens is 182 g/mol. The van der Waals surface area contributed by atoms with Crippen molar-refractivity contribution < 1.29 is 14.3 Å². The second-order valence-corrected chi connectivity index (χ2v) is 2.79. The minimum Gasteiger partial charge on any atom is -0.497 e. The Morgan fingerprint density at radius 2 is 2.14 bits per heavy atom. The van der Waals surface area contributed by atoms with E-state index < -0.39 is 12.0 Å². The van der Waals surface area contributed by atoms with Gasteiger partial charge in [-0.3, -0.25) is 4.79 Å². The minimum atomic E-state index is -0.718. The second-order valence-electron chi connectivity index (χ2n) is 2.79. The summed E-state index contributed by atoms with van der Waals surface area (Å²) in [5.74, 6) is 0.159. The van der Waals surface area contributed by atoms with Gasteiger partial charge in [-0.25, -0.2) is 0 Å². The van der Waals surface area contributed by atoms with Crippen LogP contribution < -0.4 is 10.5 Å². The molecule has 1 unspecified atom stereocenters. The molecule has 1 aromatic carbocycles. The number of methoxy groups -OCH3 is 2. The Labute approximate surface area is 82.6 Å². The van der Waals surface area contributed by atoms with Crippen molar-refractivity contribution in [2.75, 3.05) is 14.2 Å². The average Bonchev–Trinajstić information content (AvgIpc) is 2.19. The van der Waals surface area contributed by atoms with Gasteiger partial charge in [-0.2, -0.15) is 0 Å². The highest BCUT2D eigenvalue weighted by atomic mass is 16.5. The van der Waals surface area contributed by atoms with Gasteiger partial charge in [0, 0.05) is 7.11 Å². The van der Waals surface area contributed by atoms with Crippen molar-refractivity contribution in [1.29, 1.82) is 0 Å². The zero-order valence-corrected chi connectivity index (χ0v) is 8.19. The number of benzene rings is 1. The molecule has 1 aromatic rings. The summed E-state index contributed by atoms with van der Waals surface area (Å²) in [6.07, 6.45) is -0.718. The summed E-state index contributed by atoms with van der Waals surface area (Å²) in [6.45, 7) is 0. The lowest BCUT2D eigenvalue weighted by Gasteiger charge is -2.12. The molecule has 0 saturated carbocycles. The monoisotopic (exact) mass is 195 g/mol. The van der Waals surface area contributed by atoms with Crippen molar-refractivity contribution in [3.05, 3.63) is 29.8 Å². The number of primary amides is 1. The number of hydrogen-bond acceptors (Lipinski definition) is 3. The zero-order valence-electron chi connectivity index (χ0n) is 8.19. The molecule has 0 radical (unpaired) electrons. The summed E-state index contributed by atoms with van der Waals surface area (Å²) in [5, 5.41) is 0. The van der Waals surface area contributed by atoms with E-state index in [2.05, 4.69) is 0 Å². The van der Waals surface area contributed by atoms with Gasteiger partial charge in [-0.05, 0) is 17.7 Å². The third-order valence-electron chi connectivity index (χ3n) is 1.89. The Morgan fingerprint density at radius 1 is 1.43 bits per heavy atom. The van der Waals surface area contributed by atoms with Gasteiger partial charge >= 0.3 is 0 Å². The number of amides is 1. The van der Waals surface area contributed by atoms with Crippen LogP contribution in [0.1, 0.15) is 11.7 Å². The van der Waals surface area contributed by atoms with Crippen molar-refractivity contribution in [3.8, 4) is 5.75 Å². The molecule has 0 saturated heterocycles. The molecule has 0 aliphatic rings. The third kappa shape index (κ3) is 2.23. The molecule has 0 spiro atoms. The van der Waals surface area contributed by atoms with Crippen LogP contribution in [-0.2, 0) is 9.53 Å². The van der Waals surface area contributed by atoms with E-state index in [1.165, 1.54) is 7.11 Å². The first-order valence-corrected chi connectivity index (χ1v) is 4.15. The van der Waals surface area contributed by atoms with Gasteiger partial charge in [-0.1, -0.05) is 12.1 Å². The lowest BCUT2D eigenvalue weighted by molar-refractivity contribution is -0.128. The lowest BCUT2D eigenvalue weighted by Crippen LogP contribution is -2.22. The molecule has 0 fully saturated rings. The summed E-state index contributed by atoms with van der Waals surface area (Å²) >= 11 is 0. The molecular formula is C10H13NO3. The van der Waals surface area contributed by atoms with Gasteiger partial charge in [0.1, 0.15) is 5.75 Å². The standard InChI is InChI=1S/C10H13NO3/c1-13-8-5-3-4-7(6-8)9(14-2)10(11)12/h3-6,9H,1-2H3,(H2,11,12). The van der Waals surface area contributed by atoms with Crippen LogP contribution in [-0.4, -0.2) is 20.1 Å². The van der Waals surface area contributed by atoms with Crippen LogP contribution >= 0.6 is 0 Å². The molecule has 1 atom stereocenters. The molecule has 76 valence electrons. The maximum atomic E-state index is 11.0. The van der Waals surface area contributed by atoms with E-state index in [0.29, 0.717) is 11.3 Å². The van der Waals surface area contributed by atoms with E-state index in [9.17, 15) is 4.79 Å². The van der Waals surface area contributed by atoms with Crippen molar-refractivity contribution in [2.24, 2.45) is 5.73 Å². The molecule has 2 N–H and O–H groups in total. The highest BCUT2D eigenvalue weighted by molar-refractivity contribution is 5.80. The van der Waals surface area contributed by atoms with Crippen molar-refractivity contribution in [1.82, 2.24) is 0 Å². The molecule has 1 rings (SSSR count). The third-order valence-corrected chi connectivity index (χ3v) is 1.89. The summed E-state index contributed by atoms with van der Waals surface area (Å²) in [4.78, 5) is 11.0. The number of carbonyl (C=O) groups is 1. The quantitative estimate of drug-likeness (QED) is 0.775. The van der Waals surface area contributed by atoms with Crippen LogP contribution in [0.4, 0.5) is 0 Å². The molecule has 14 heavy (non-hydrogen) atoms. The topological polar surface area (TPSA) is 61.6 Å². The molecule has 0 aromatic heterocycles. The Balaban J connectivity index is 2.98. The van der Waals surface area contributed by atoms with Gasteiger partial charge in [0.25, 0.3) is 5.91 Å². The van der Waals surface area contributed by atoms with Gasteiger partial charge in [-0.15, -0.1) is 0 Å². The Morgan fingerprint density at radius 3 is 2.64 bits per heavy atom. The summed E-state index contributed by atoms with van der Waals surface area (Å²) < 4.78 is 9.99. The molecule has 4 heteroatoms. The van der Waals surface area contributed by atoms with Crippen LogP contribution in [0.25, 0.3) is 0 Å². The number of ether oxygens (including phenoxy) is 2. The highest BCUT2D eigenvalue weighted by Crippen LogP contribution is 2.20. The van der Waals surface area contributed by atoms with Gasteiger partial charge < -0.3 is 15.2 Å². The molecule has 0 aliphatic carbocycles. The van der Waals surface area contributed by atoms with E-state index >= 15 is 0 Å². The summed E-state index contributed by atoms with van der Waals surface area (Å²) in [7, 11) is 3.00. The minimum absolute atomic E-state index is 0.513. The fraction of sp³-hybridized carbons (Fsp3) is 0.300. The van der Waals surface area contributed by atoms with Gasteiger partial charge in [0.2, 0.25) is 0 Å². The molecule has 4 nitrogen and oxygen atoms in total. The van der Waals surface area contributed by atoms with Gasteiger partial charge in [0.05, 0.1) is 7.11 Å². The zero-order chi connectivity index (χ0) is 10.6. The van der Waals surface area contributed by atoms with Crippen LogP contribution in [0, 0.1) is 0 Å². The second kappa shape index (κ2) is 4.62. The average molecular weight is 195 g/mol. The maximum absolute atomic E-state index is 11.0. The fourth-order valence-corrected chi connectivity index (χ4v) is 1.22. The van der Waals surface area contributed by atoms with Gasteiger partial charge in [0.15, 0.2) is 6.10 Å². The SMILES string of the molecule is COc1cccc(C(OC)C(N)=O)c1. The van der Waals surface area contributed by atoms with Crippen LogP contribution in [0.5, 0.6) is 5.75 Å². The normalized spacial score (nSPS) is 12.1. The van der Waals surface area contributed by atoms with Crippen LogP contribution in [0.15, 0.2) is 24.3 Å². The summed E-state index contributed by atoms with van der Waals surface area (Å²) in [5.41, 5.74) is 5.86. The van der Waals surface area contributed by atoms with E-state index in [-0.39, 0.29) is 0 Å². The van der Waals surface area contributed by atoms with E-state index in [0.717, 1.165) is 0 Å². The Bertz CT molecular complexity index is 325. The Kier molecular flexibility index (Phi) is 3.48. The number of hydrogen-bond donors (Lipinski definition) is 1. The predicted octanol–water partition coefficient (Wildman–Crippen LogP) is 0.868. The summed E-state index contributed by atoms with van der Waals surface area (Å²) in [6, 6.07) is 7.06. The maximum Gasteiger partial charge on any atom is 0.251 e. The molecule has 0 aliphatic heterocycles. The van der Waals surface area contributed by atoms with Crippen molar-refractivity contribution in [3.63, 3.8) is 0 Å². The van der Waals surface area contributed by atoms with Crippen LogP contribution in [0.2, 0.25) is 0 Å². The van der Waals surface area contributed by atoms with Crippen molar-refractivity contribution >= 4 is 5.91 Å². The molecule has 1 amide bonds. The van der Waals surface area contributed by atoms with E-state index in [1.807, 2.05) is 0 Å². The number of rotatable bonds is 4. The first-order valence-electron chi connectivity index (χ1n) is 4.15. The fourth-order valence-electron chi connectivity index (χ4n) is 1.22. The molecule has 0 bridgehead atoms. The smallest absolute Gasteiger partial charge is 0.251 e. The number of carbonyl (C=O) groups excluding carboxylic acids is 1. The van der Waals surface area contributed by atoms with E-state index in [1.54, 1.807) is 31.4 Å².